The molecule has 1 aromatic rings. The topological polar surface area (TPSA) is 62.3 Å². The second-order valence-electron chi connectivity index (χ2n) is 7.06. The van der Waals surface area contributed by atoms with E-state index in [-0.39, 0.29) is 23.1 Å². The molecule has 1 aliphatic heterocycles. The van der Waals surface area contributed by atoms with Crippen molar-refractivity contribution in [2.75, 3.05) is 18.4 Å². The van der Waals surface area contributed by atoms with E-state index >= 15 is 0 Å². The summed E-state index contributed by atoms with van der Waals surface area (Å²) in [5, 5.41) is 2.94. The van der Waals surface area contributed by atoms with E-state index in [9.17, 15) is 9.59 Å². The number of hydrogen-bond acceptors (Lipinski definition) is 3. The molecule has 1 aromatic heterocycles. The summed E-state index contributed by atoms with van der Waals surface area (Å²) in [7, 11) is 0. The molecule has 5 heteroatoms. The molecule has 1 saturated heterocycles. The van der Waals surface area contributed by atoms with Gasteiger partial charge in [-0.25, -0.2) is 0 Å². The van der Waals surface area contributed by atoms with Crippen molar-refractivity contribution >= 4 is 17.5 Å². The summed E-state index contributed by atoms with van der Waals surface area (Å²) in [6.45, 7) is 1.59. The van der Waals surface area contributed by atoms with Gasteiger partial charge >= 0.3 is 0 Å². The Kier molecular flexibility index (Phi) is 3.17. The first-order chi connectivity index (χ1) is 10.7. The van der Waals surface area contributed by atoms with E-state index < -0.39 is 0 Å². The van der Waals surface area contributed by atoms with Crippen LogP contribution in [-0.2, 0) is 9.59 Å². The number of nitrogens with zero attached hydrogens (tertiary/aromatic N) is 2. The maximum Gasteiger partial charge on any atom is 0.228 e. The van der Waals surface area contributed by atoms with Crippen LogP contribution in [0.5, 0.6) is 0 Å². The van der Waals surface area contributed by atoms with Crippen LogP contribution < -0.4 is 5.32 Å². The lowest BCUT2D eigenvalue weighted by Crippen LogP contribution is -2.30. The van der Waals surface area contributed by atoms with Gasteiger partial charge in [-0.1, -0.05) is 0 Å². The first-order valence-corrected chi connectivity index (χ1v) is 8.15. The highest BCUT2D eigenvalue weighted by atomic mass is 16.2. The average molecular weight is 299 g/mol. The fourth-order valence-electron chi connectivity index (χ4n) is 3.64. The van der Waals surface area contributed by atoms with E-state index in [1.807, 2.05) is 17.0 Å². The molecule has 5 nitrogen and oxygen atoms in total. The van der Waals surface area contributed by atoms with Gasteiger partial charge in [-0.2, -0.15) is 0 Å². The lowest BCUT2D eigenvalue weighted by molar-refractivity contribution is -0.131. The molecule has 2 aliphatic carbocycles. The maximum absolute atomic E-state index is 12.4. The largest absolute Gasteiger partial charge is 0.342 e. The molecule has 116 valence electrons. The van der Waals surface area contributed by atoms with Crippen molar-refractivity contribution in [1.82, 2.24) is 9.88 Å². The molecule has 4 rings (SSSR count). The quantitative estimate of drug-likeness (QED) is 0.925. The molecule has 0 unspecified atom stereocenters. The van der Waals surface area contributed by atoms with Gasteiger partial charge in [0.05, 0.1) is 11.9 Å². The highest BCUT2D eigenvalue weighted by molar-refractivity contribution is 5.95. The summed E-state index contributed by atoms with van der Waals surface area (Å²) in [6.07, 6.45) is 8.35. The van der Waals surface area contributed by atoms with E-state index in [0.29, 0.717) is 12.3 Å². The van der Waals surface area contributed by atoms with Crippen LogP contribution in [0.15, 0.2) is 24.5 Å². The van der Waals surface area contributed by atoms with Crippen LogP contribution >= 0.6 is 0 Å². The first kappa shape index (κ1) is 13.7. The zero-order chi connectivity index (χ0) is 15.2. The Bertz CT molecular complexity index is 599. The molecule has 2 amide bonds. The molecule has 0 aromatic carbocycles. The number of pyridine rings is 1. The molecule has 22 heavy (non-hydrogen) atoms. The van der Waals surface area contributed by atoms with E-state index in [1.165, 1.54) is 12.8 Å². The number of rotatable bonds is 4. The SMILES string of the molecule is O=C(Nc1cccnc1)[C@H]1C[C@@]12CCN(C(=O)CC1CC1)C2. The summed E-state index contributed by atoms with van der Waals surface area (Å²) in [5.74, 6) is 1.04. The fraction of sp³-hybridized carbons (Fsp3) is 0.588. The van der Waals surface area contributed by atoms with Gasteiger partial charge in [0.25, 0.3) is 0 Å². The standard InChI is InChI=1S/C17H21N3O2/c21-15(8-12-3-4-12)20-7-5-17(11-20)9-14(17)16(22)19-13-2-1-6-18-10-13/h1-2,6,10,12,14H,3-5,7-9,11H2,(H,19,22)/t14-,17-/m1/s1. The Morgan fingerprint density at radius 2 is 2.27 bits per heavy atom. The van der Waals surface area contributed by atoms with Gasteiger partial charge in [0.15, 0.2) is 0 Å². The molecule has 1 spiro atoms. The van der Waals surface area contributed by atoms with Crippen molar-refractivity contribution in [3.8, 4) is 0 Å². The third kappa shape index (κ3) is 2.60. The number of anilines is 1. The number of amides is 2. The van der Waals surface area contributed by atoms with Gasteiger partial charge in [0, 0.05) is 37.0 Å². The van der Waals surface area contributed by atoms with Gasteiger partial charge in [-0.3, -0.25) is 14.6 Å². The number of likely N-dealkylation sites (tertiary alicyclic amines) is 1. The Morgan fingerprint density at radius 1 is 1.41 bits per heavy atom. The van der Waals surface area contributed by atoms with E-state index in [4.69, 9.17) is 0 Å². The van der Waals surface area contributed by atoms with Crippen LogP contribution in [0.1, 0.15) is 32.1 Å². The molecule has 2 atom stereocenters. The minimum atomic E-state index is 0.0471. The summed E-state index contributed by atoms with van der Waals surface area (Å²) < 4.78 is 0. The molecule has 2 heterocycles. The third-order valence-electron chi connectivity index (χ3n) is 5.33. The normalized spacial score (nSPS) is 29.6. The van der Waals surface area contributed by atoms with Crippen LogP contribution in [0.2, 0.25) is 0 Å². The average Bonchev–Trinajstić information content (AvgIpc) is 3.39. The summed E-state index contributed by atoms with van der Waals surface area (Å²) >= 11 is 0. The van der Waals surface area contributed by atoms with E-state index in [0.717, 1.165) is 31.6 Å². The van der Waals surface area contributed by atoms with E-state index in [2.05, 4.69) is 10.3 Å². The Labute approximate surface area is 130 Å². The van der Waals surface area contributed by atoms with Crippen LogP contribution in [0.4, 0.5) is 5.69 Å². The number of carbonyl (C=O) groups is 2. The number of nitrogens with one attached hydrogen (secondary N) is 1. The minimum absolute atomic E-state index is 0.0471. The Morgan fingerprint density at radius 3 is 3.00 bits per heavy atom. The number of hydrogen-bond donors (Lipinski definition) is 1. The minimum Gasteiger partial charge on any atom is -0.342 e. The maximum atomic E-state index is 12.4. The monoisotopic (exact) mass is 299 g/mol. The van der Waals surface area contributed by atoms with Gasteiger partial charge in [-0.15, -0.1) is 0 Å². The Hall–Kier alpha value is -1.91. The van der Waals surface area contributed by atoms with Crippen LogP contribution in [-0.4, -0.2) is 34.8 Å². The molecule has 1 N–H and O–H groups in total. The highest BCUT2D eigenvalue weighted by Gasteiger charge is 2.61. The lowest BCUT2D eigenvalue weighted by Gasteiger charge is -2.16. The van der Waals surface area contributed by atoms with E-state index in [1.54, 1.807) is 12.4 Å². The molecular weight excluding hydrogens is 278 g/mol. The number of aromatic nitrogens is 1. The highest BCUT2D eigenvalue weighted by Crippen LogP contribution is 2.59. The molecular formula is C17H21N3O2. The molecule has 0 radical (unpaired) electrons. The second kappa shape index (κ2) is 5.07. The van der Waals surface area contributed by atoms with Crippen LogP contribution in [0.25, 0.3) is 0 Å². The predicted molar refractivity (Wildman–Crippen MR) is 81.9 cm³/mol. The predicted octanol–water partition coefficient (Wildman–Crippen LogP) is 2.06. The van der Waals surface area contributed by atoms with Crippen molar-refractivity contribution in [2.45, 2.75) is 32.1 Å². The first-order valence-electron chi connectivity index (χ1n) is 8.15. The molecule has 0 bridgehead atoms. The summed E-state index contributed by atoms with van der Waals surface area (Å²) in [4.78, 5) is 30.5. The van der Waals surface area contributed by atoms with Crippen LogP contribution in [0, 0.1) is 17.3 Å². The smallest absolute Gasteiger partial charge is 0.228 e. The molecule has 3 fully saturated rings. The summed E-state index contributed by atoms with van der Waals surface area (Å²) in [5.41, 5.74) is 0.792. The van der Waals surface area contributed by atoms with Crippen LogP contribution in [0.3, 0.4) is 0 Å². The second-order valence-corrected chi connectivity index (χ2v) is 7.06. The van der Waals surface area contributed by atoms with Gasteiger partial charge in [0.1, 0.15) is 0 Å². The van der Waals surface area contributed by atoms with Gasteiger partial charge in [-0.05, 0) is 43.7 Å². The number of carbonyl (C=O) groups excluding carboxylic acids is 2. The third-order valence-corrected chi connectivity index (χ3v) is 5.33. The van der Waals surface area contributed by atoms with Gasteiger partial charge < -0.3 is 10.2 Å². The van der Waals surface area contributed by atoms with Crippen molar-refractivity contribution in [1.29, 1.82) is 0 Å². The molecule has 2 saturated carbocycles. The zero-order valence-corrected chi connectivity index (χ0v) is 12.6. The van der Waals surface area contributed by atoms with Crippen molar-refractivity contribution < 1.29 is 9.59 Å². The van der Waals surface area contributed by atoms with Crippen molar-refractivity contribution in [3.05, 3.63) is 24.5 Å². The summed E-state index contributed by atoms with van der Waals surface area (Å²) in [6, 6.07) is 3.66. The fourth-order valence-corrected chi connectivity index (χ4v) is 3.64. The zero-order valence-electron chi connectivity index (χ0n) is 12.6. The van der Waals surface area contributed by atoms with Crippen molar-refractivity contribution in [2.24, 2.45) is 17.3 Å². The molecule has 3 aliphatic rings. The Balaban J connectivity index is 1.33. The van der Waals surface area contributed by atoms with Crippen molar-refractivity contribution in [3.63, 3.8) is 0 Å². The lowest BCUT2D eigenvalue weighted by atomic mass is 10.0. The van der Waals surface area contributed by atoms with Gasteiger partial charge in [0.2, 0.25) is 11.8 Å².